The van der Waals surface area contributed by atoms with Crippen LogP contribution in [0.2, 0.25) is 0 Å². The van der Waals surface area contributed by atoms with E-state index in [0.29, 0.717) is 5.82 Å². The minimum Gasteiger partial charge on any atom is -0.384 e. The van der Waals surface area contributed by atoms with Gasteiger partial charge in [0, 0.05) is 24.3 Å². The summed E-state index contributed by atoms with van der Waals surface area (Å²) < 4.78 is 5.37. The average molecular weight is 266 g/mol. The minimum absolute atomic E-state index is 0.596. The predicted octanol–water partition coefficient (Wildman–Crippen LogP) is 3.35. The molecule has 1 aliphatic rings. The third-order valence-corrected chi connectivity index (χ3v) is 4.44. The summed E-state index contributed by atoms with van der Waals surface area (Å²) in [4.78, 5) is 5.31. The van der Waals surface area contributed by atoms with Crippen molar-refractivity contribution in [1.29, 1.82) is 0 Å². The Morgan fingerprint density at radius 1 is 1.28 bits per heavy atom. The molecule has 0 spiro atoms. The molecular formula is C14H22N2OS. The molecule has 0 atom stereocenters. The van der Waals surface area contributed by atoms with Crippen LogP contribution in [0.15, 0.2) is 23.2 Å². The van der Waals surface area contributed by atoms with E-state index in [1.165, 1.54) is 42.8 Å². The zero-order valence-corrected chi connectivity index (χ0v) is 11.6. The fourth-order valence-corrected chi connectivity index (χ4v) is 3.11. The van der Waals surface area contributed by atoms with Crippen LogP contribution < -0.4 is 5.73 Å². The molecule has 0 amide bonds. The van der Waals surface area contributed by atoms with E-state index in [0.717, 1.165) is 19.1 Å². The molecule has 1 aliphatic heterocycles. The predicted molar refractivity (Wildman–Crippen MR) is 76.8 cm³/mol. The lowest BCUT2D eigenvalue weighted by Gasteiger charge is -2.21. The average Bonchev–Trinajstić information content (AvgIpc) is 2.42. The van der Waals surface area contributed by atoms with Gasteiger partial charge in [-0.2, -0.15) is 0 Å². The van der Waals surface area contributed by atoms with Gasteiger partial charge in [-0.05, 0) is 43.1 Å². The Labute approximate surface area is 114 Å². The molecule has 18 heavy (non-hydrogen) atoms. The first-order valence-electron chi connectivity index (χ1n) is 6.76. The molecule has 0 saturated carbocycles. The molecule has 1 saturated heterocycles. The number of unbranched alkanes of at least 4 members (excludes halogenated alkanes) is 1. The summed E-state index contributed by atoms with van der Waals surface area (Å²) in [5.74, 6) is 2.68. The monoisotopic (exact) mass is 266 g/mol. The molecule has 100 valence electrons. The van der Waals surface area contributed by atoms with Crippen LogP contribution in [0.3, 0.4) is 0 Å². The van der Waals surface area contributed by atoms with Crippen LogP contribution in [0.25, 0.3) is 0 Å². The highest BCUT2D eigenvalue weighted by atomic mass is 32.2. The lowest BCUT2D eigenvalue weighted by atomic mass is 9.94. The Morgan fingerprint density at radius 3 is 2.83 bits per heavy atom. The van der Waals surface area contributed by atoms with E-state index in [4.69, 9.17) is 10.5 Å². The number of rotatable bonds is 6. The van der Waals surface area contributed by atoms with Crippen LogP contribution in [0.5, 0.6) is 0 Å². The molecule has 0 bridgehead atoms. The summed E-state index contributed by atoms with van der Waals surface area (Å²) in [5, 5.41) is 0. The molecule has 2 N–H and O–H groups in total. The van der Waals surface area contributed by atoms with E-state index in [2.05, 4.69) is 4.98 Å². The highest BCUT2D eigenvalue weighted by Gasteiger charge is 2.12. The number of thioether (sulfide) groups is 1. The number of hydrogen-bond donors (Lipinski definition) is 1. The van der Waals surface area contributed by atoms with Gasteiger partial charge in [0.15, 0.2) is 0 Å². The maximum atomic E-state index is 5.56. The lowest BCUT2D eigenvalue weighted by molar-refractivity contribution is 0.0633. The number of aromatic nitrogens is 1. The van der Waals surface area contributed by atoms with Gasteiger partial charge in [0.2, 0.25) is 0 Å². The third-order valence-electron chi connectivity index (χ3n) is 3.38. The topological polar surface area (TPSA) is 48.1 Å². The zero-order valence-electron chi connectivity index (χ0n) is 10.8. The van der Waals surface area contributed by atoms with Crippen molar-refractivity contribution < 1.29 is 4.74 Å². The fourth-order valence-electron chi connectivity index (χ4n) is 2.24. The highest BCUT2D eigenvalue weighted by Crippen LogP contribution is 2.23. The molecule has 2 heterocycles. The van der Waals surface area contributed by atoms with Crippen molar-refractivity contribution in [2.75, 3.05) is 24.7 Å². The maximum Gasteiger partial charge on any atom is 0.123 e. The molecule has 1 fully saturated rings. The second kappa shape index (κ2) is 7.64. The van der Waals surface area contributed by atoms with E-state index in [1.807, 2.05) is 30.1 Å². The van der Waals surface area contributed by atoms with Gasteiger partial charge in [-0.25, -0.2) is 4.98 Å². The summed E-state index contributed by atoms with van der Waals surface area (Å²) in [5.41, 5.74) is 5.56. The number of nitrogen functional groups attached to an aromatic ring is 1. The fraction of sp³-hybridized carbons (Fsp3) is 0.643. The zero-order chi connectivity index (χ0) is 12.6. The van der Waals surface area contributed by atoms with Gasteiger partial charge in [0.25, 0.3) is 0 Å². The summed E-state index contributed by atoms with van der Waals surface area (Å²) in [6.45, 7) is 1.94. The molecule has 2 rings (SSSR count). The summed E-state index contributed by atoms with van der Waals surface area (Å²) in [6.07, 6.45) is 8.36. The van der Waals surface area contributed by atoms with Crippen molar-refractivity contribution in [3.63, 3.8) is 0 Å². The van der Waals surface area contributed by atoms with E-state index in [-0.39, 0.29) is 0 Å². The molecule has 1 aromatic heterocycles. The van der Waals surface area contributed by atoms with E-state index < -0.39 is 0 Å². The van der Waals surface area contributed by atoms with Crippen molar-refractivity contribution in [1.82, 2.24) is 4.98 Å². The Balaban J connectivity index is 1.54. The molecule has 1 aromatic rings. The normalized spacial score (nSPS) is 16.9. The van der Waals surface area contributed by atoms with E-state index in [9.17, 15) is 0 Å². The Morgan fingerprint density at radius 2 is 2.11 bits per heavy atom. The molecule has 4 heteroatoms. The van der Waals surface area contributed by atoms with Gasteiger partial charge in [0.05, 0.1) is 0 Å². The van der Waals surface area contributed by atoms with Crippen LogP contribution in [0, 0.1) is 5.92 Å². The minimum atomic E-state index is 0.596. The van der Waals surface area contributed by atoms with Gasteiger partial charge < -0.3 is 10.5 Å². The lowest BCUT2D eigenvalue weighted by Crippen LogP contribution is -2.15. The van der Waals surface area contributed by atoms with Crippen molar-refractivity contribution in [2.45, 2.75) is 37.0 Å². The smallest absolute Gasteiger partial charge is 0.123 e. The highest BCUT2D eigenvalue weighted by molar-refractivity contribution is 7.99. The summed E-state index contributed by atoms with van der Waals surface area (Å²) >= 11 is 1.87. The van der Waals surface area contributed by atoms with Crippen molar-refractivity contribution >= 4 is 17.6 Å². The van der Waals surface area contributed by atoms with Gasteiger partial charge in [-0.15, -0.1) is 11.8 Å². The van der Waals surface area contributed by atoms with Gasteiger partial charge in [-0.3, -0.25) is 0 Å². The number of anilines is 1. The second-order valence-corrected chi connectivity index (χ2v) is 5.99. The van der Waals surface area contributed by atoms with Crippen molar-refractivity contribution in [2.24, 2.45) is 5.92 Å². The van der Waals surface area contributed by atoms with Crippen molar-refractivity contribution in [3.05, 3.63) is 18.3 Å². The van der Waals surface area contributed by atoms with E-state index >= 15 is 0 Å². The number of nitrogens with two attached hydrogens (primary N) is 1. The standard InChI is InChI=1S/C14H22N2OS/c15-14-5-4-13(11-16-14)18-10-2-1-3-12-6-8-17-9-7-12/h4-5,11-12H,1-3,6-10H2,(H2,15,16). The van der Waals surface area contributed by atoms with Crippen LogP contribution in [-0.4, -0.2) is 24.0 Å². The first-order chi connectivity index (χ1) is 8.84. The summed E-state index contributed by atoms with van der Waals surface area (Å²) in [7, 11) is 0. The van der Waals surface area contributed by atoms with Crippen LogP contribution in [0.1, 0.15) is 32.1 Å². The van der Waals surface area contributed by atoms with Crippen molar-refractivity contribution in [3.8, 4) is 0 Å². The Kier molecular flexibility index (Phi) is 5.81. The molecule has 0 aromatic carbocycles. The van der Waals surface area contributed by atoms with Crippen LogP contribution in [-0.2, 0) is 4.74 Å². The molecule has 0 aliphatic carbocycles. The largest absolute Gasteiger partial charge is 0.384 e. The first kappa shape index (κ1) is 13.7. The first-order valence-corrected chi connectivity index (χ1v) is 7.75. The second-order valence-electron chi connectivity index (χ2n) is 4.82. The van der Waals surface area contributed by atoms with Gasteiger partial charge in [0.1, 0.15) is 5.82 Å². The molecule has 0 radical (unpaired) electrons. The SMILES string of the molecule is Nc1ccc(SCCCCC2CCOCC2)cn1. The number of ether oxygens (including phenoxy) is 1. The quantitative estimate of drug-likeness (QED) is 0.633. The van der Waals surface area contributed by atoms with Gasteiger partial charge >= 0.3 is 0 Å². The molecule has 0 unspecified atom stereocenters. The number of nitrogens with zero attached hydrogens (tertiary/aromatic N) is 1. The Bertz CT molecular complexity index is 336. The van der Waals surface area contributed by atoms with E-state index in [1.54, 1.807) is 0 Å². The summed E-state index contributed by atoms with van der Waals surface area (Å²) in [6, 6.07) is 3.91. The molecule has 3 nitrogen and oxygen atoms in total. The maximum absolute atomic E-state index is 5.56. The van der Waals surface area contributed by atoms with Crippen LogP contribution in [0.4, 0.5) is 5.82 Å². The van der Waals surface area contributed by atoms with Crippen LogP contribution >= 0.6 is 11.8 Å². The van der Waals surface area contributed by atoms with Gasteiger partial charge in [-0.1, -0.05) is 12.8 Å². The number of hydrogen-bond acceptors (Lipinski definition) is 4. The Hall–Kier alpha value is -0.740. The molecular weight excluding hydrogens is 244 g/mol. The third kappa shape index (κ3) is 4.86. The number of pyridine rings is 1.